The van der Waals surface area contributed by atoms with Crippen LogP contribution in [-0.2, 0) is 4.74 Å². The summed E-state index contributed by atoms with van der Waals surface area (Å²) in [5.41, 5.74) is 0.900. The number of anilines is 1. The Kier molecular flexibility index (Phi) is 3.46. The standard InChI is InChI=1S/C15H21FN2O/c1-17-10-11-19-12-15(17)6-8-18(9-7-15)14-5-3-2-4-13(14)16/h2-5H,6-12H2,1H3. The van der Waals surface area contributed by atoms with E-state index in [1.807, 2.05) is 12.1 Å². The summed E-state index contributed by atoms with van der Waals surface area (Å²) in [6.07, 6.45) is 2.08. The quantitative estimate of drug-likeness (QED) is 0.773. The van der Waals surface area contributed by atoms with E-state index in [0.717, 1.165) is 51.4 Å². The molecule has 2 fully saturated rings. The van der Waals surface area contributed by atoms with Gasteiger partial charge < -0.3 is 9.64 Å². The zero-order valence-corrected chi connectivity index (χ0v) is 11.4. The van der Waals surface area contributed by atoms with Crippen molar-refractivity contribution in [3.05, 3.63) is 30.1 Å². The van der Waals surface area contributed by atoms with Crippen LogP contribution in [0.5, 0.6) is 0 Å². The molecule has 3 nitrogen and oxygen atoms in total. The number of morpholine rings is 1. The predicted octanol–water partition coefficient (Wildman–Crippen LogP) is 2.13. The number of likely N-dealkylation sites (N-methyl/N-ethyl adjacent to an activating group) is 1. The molecule has 2 aliphatic heterocycles. The Morgan fingerprint density at radius 2 is 1.89 bits per heavy atom. The highest BCUT2D eigenvalue weighted by atomic mass is 19.1. The van der Waals surface area contributed by atoms with E-state index in [9.17, 15) is 4.39 Å². The van der Waals surface area contributed by atoms with Crippen LogP contribution in [0, 0.1) is 5.82 Å². The number of hydrogen-bond acceptors (Lipinski definition) is 3. The van der Waals surface area contributed by atoms with Crippen LogP contribution in [0.4, 0.5) is 10.1 Å². The van der Waals surface area contributed by atoms with Crippen molar-refractivity contribution in [3.63, 3.8) is 0 Å². The first-order valence-corrected chi connectivity index (χ1v) is 7.00. The summed E-state index contributed by atoms with van der Waals surface area (Å²) in [4.78, 5) is 4.58. The van der Waals surface area contributed by atoms with Crippen molar-refractivity contribution in [1.82, 2.24) is 4.90 Å². The molecule has 4 heteroatoms. The monoisotopic (exact) mass is 264 g/mol. The summed E-state index contributed by atoms with van der Waals surface area (Å²) >= 11 is 0. The Morgan fingerprint density at radius 1 is 1.16 bits per heavy atom. The van der Waals surface area contributed by atoms with Gasteiger partial charge in [0.1, 0.15) is 5.82 Å². The van der Waals surface area contributed by atoms with Crippen LogP contribution in [0.1, 0.15) is 12.8 Å². The van der Waals surface area contributed by atoms with Crippen LogP contribution in [0.15, 0.2) is 24.3 Å². The predicted molar refractivity (Wildman–Crippen MR) is 74.0 cm³/mol. The number of halogens is 1. The van der Waals surface area contributed by atoms with Crippen LogP contribution >= 0.6 is 0 Å². The first kappa shape index (κ1) is 12.9. The molecule has 1 aromatic carbocycles. The van der Waals surface area contributed by atoms with Crippen LogP contribution in [0.3, 0.4) is 0 Å². The molecule has 3 rings (SSSR count). The minimum Gasteiger partial charge on any atom is -0.378 e. The van der Waals surface area contributed by atoms with Crippen molar-refractivity contribution in [2.24, 2.45) is 0 Å². The Bertz CT molecular complexity index is 444. The highest BCUT2D eigenvalue weighted by molar-refractivity contribution is 5.48. The second-order valence-electron chi connectivity index (χ2n) is 5.64. The fourth-order valence-corrected chi connectivity index (χ4v) is 3.21. The number of hydrogen-bond donors (Lipinski definition) is 0. The molecule has 2 saturated heterocycles. The normalized spacial score (nSPS) is 23.8. The van der Waals surface area contributed by atoms with Crippen LogP contribution in [0.25, 0.3) is 0 Å². The molecule has 104 valence electrons. The highest BCUT2D eigenvalue weighted by Gasteiger charge is 2.40. The van der Waals surface area contributed by atoms with Gasteiger partial charge >= 0.3 is 0 Å². The fourth-order valence-electron chi connectivity index (χ4n) is 3.21. The van der Waals surface area contributed by atoms with Crippen molar-refractivity contribution in [1.29, 1.82) is 0 Å². The molecular weight excluding hydrogens is 243 g/mol. The third kappa shape index (κ3) is 2.35. The average Bonchev–Trinajstić information content (AvgIpc) is 2.44. The fraction of sp³-hybridized carbons (Fsp3) is 0.600. The number of ether oxygens (including phenoxy) is 1. The van der Waals surface area contributed by atoms with E-state index < -0.39 is 0 Å². The maximum Gasteiger partial charge on any atom is 0.146 e. The molecule has 1 spiro atoms. The molecule has 0 aliphatic carbocycles. The molecule has 2 heterocycles. The van der Waals surface area contributed by atoms with Gasteiger partial charge in [0.25, 0.3) is 0 Å². The summed E-state index contributed by atoms with van der Waals surface area (Å²) in [7, 11) is 2.18. The zero-order chi connectivity index (χ0) is 13.3. The summed E-state index contributed by atoms with van der Waals surface area (Å²) in [6, 6.07) is 7.05. The van der Waals surface area contributed by atoms with E-state index >= 15 is 0 Å². The summed E-state index contributed by atoms with van der Waals surface area (Å²) in [5, 5.41) is 0. The first-order valence-electron chi connectivity index (χ1n) is 7.00. The smallest absolute Gasteiger partial charge is 0.146 e. The van der Waals surface area contributed by atoms with Crippen molar-refractivity contribution < 1.29 is 9.13 Å². The Labute approximate surface area is 114 Å². The maximum atomic E-state index is 13.8. The Morgan fingerprint density at radius 3 is 2.58 bits per heavy atom. The third-order valence-corrected chi connectivity index (χ3v) is 4.64. The van der Waals surface area contributed by atoms with Gasteiger partial charge in [-0.3, -0.25) is 4.90 Å². The minimum atomic E-state index is -0.119. The van der Waals surface area contributed by atoms with Gasteiger partial charge in [0.05, 0.1) is 18.9 Å². The van der Waals surface area contributed by atoms with Gasteiger partial charge in [-0.1, -0.05) is 12.1 Å². The van der Waals surface area contributed by atoms with Crippen LogP contribution < -0.4 is 4.90 Å². The lowest BCUT2D eigenvalue weighted by molar-refractivity contribution is -0.0669. The number of para-hydroxylation sites is 1. The van der Waals surface area contributed by atoms with E-state index in [1.54, 1.807) is 6.07 Å². The van der Waals surface area contributed by atoms with Crippen LogP contribution in [-0.4, -0.2) is 50.3 Å². The lowest BCUT2D eigenvalue weighted by Gasteiger charge is -2.50. The van der Waals surface area contributed by atoms with E-state index in [-0.39, 0.29) is 11.4 Å². The first-order chi connectivity index (χ1) is 9.21. The van der Waals surface area contributed by atoms with E-state index in [1.165, 1.54) is 6.07 Å². The Hall–Kier alpha value is -1.13. The zero-order valence-electron chi connectivity index (χ0n) is 11.4. The van der Waals surface area contributed by atoms with Crippen molar-refractivity contribution in [2.75, 3.05) is 44.8 Å². The number of rotatable bonds is 1. The third-order valence-electron chi connectivity index (χ3n) is 4.64. The average molecular weight is 264 g/mol. The molecule has 0 amide bonds. The molecule has 19 heavy (non-hydrogen) atoms. The molecule has 0 atom stereocenters. The van der Waals surface area contributed by atoms with Crippen molar-refractivity contribution >= 4 is 5.69 Å². The molecule has 0 aromatic heterocycles. The Balaban J connectivity index is 1.71. The minimum absolute atomic E-state index is 0.119. The van der Waals surface area contributed by atoms with Gasteiger partial charge in [0, 0.05) is 25.2 Å². The largest absolute Gasteiger partial charge is 0.378 e. The summed E-state index contributed by atoms with van der Waals surface area (Å²) in [6.45, 7) is 4.44. The number of benzene rings is 1. The molecule has 0 N–H and O–H groups in total. The second-order valence-corrected chi connectivity index (χ2v) is 5.64. The number of piperidine rings is 1. The van der Waals surface area contributed by atoms with Gasteiger partial charge in [-0.2, -0.15) is 0 Å². The molecule has 0 saturated carbocycles. The topological polar surface area (TPSA) is 15.7 Å². The van der Waals surface area contributed by atoms with Crippen LogP contribution in [0.2, 0.25) is 0 Å². The lowest BCUT2D eigenvalue weighted by Crippen LogP contribution is -2.60. The molecule has 1 aromatic rings. The maximum absolute atomic E-state index is 13.8. The SMILES string of the molecule is CN1CCOCC12CCN(c1ccccc1F)CC2. The van der Waals surface area contributed by atoms with Gasteiger partial charge in [0.15, 0.2) is 0 Å². The van der Waals surface area contributed by atoms with E-state index in [4.69, 9.17) is 4.74 Å². The van der Waals surface area contributed by atoms with Crippen molar-refractivity contribution in [2.45, 2.75) is 18.4 Å². The van der Waals surface area contributed by atoms with Crippen molar-refractivity contribution in [3.8, 4) is 0 Å². The van der Waals surface area contributed by atoms with Gasteiger partial charge in [-0.15, -0.1) is 0 Å². The molecular formula is C15H21FN2O. The highest BCUT2D eigenvalue weighted by Crippen LogP contribution is 2.33. The van der Waals surface area contributed by atoms with Gasteiger partial charge in [-0.05, 0) is 32.0 Å². The van der Waals surface area contributed by atoms with E-state index in [2.05, 4.69) is 16.8 Å². The molecule has 2 aliphatic rings. The number of nitrogens with zero attached hydrogens (tertiary/aromatic N) is 2. The lowest BCUT2D eigenvalue weighted by atomic mass is 9.85. The van der Waals surface area contributed by atoms with Gasteiger partial charge in [0.2, 0.25) is 0 Å². The summed E-state index contributed by atoms with van der Waals surface area (Å²) in [5.74, 6) is -0.119. The van der Waals surface area contributed by atoms with E-state index in [0.29, 0.717) is 0 Å². The molecule has 0 radical (unpaired) electrons. The molecule has 0 unspecified atom stereocenters. The summed E-state index contributed by atoms with van der Waals surface area (Å²) < 4.78 is 19.5. The second kappa shape index (κ2) is 5.10. The molecule has 0 bridgehead atoms. The van der Waals surface area contributed by atoms with Gasteiger partial charge in [-0.25, -0.2) is 4.39 Å².